The van der Waals surface area contributed by atoms with Gasteiger partial charge in [-0.15, -0.1) is 0 Å². The summed E-state index contributed by atoms with van der Waals surface area (Å²) in [5.74, 6) is 0. The Morgan fingerprint density at radius 2 is 1.33 bits per heavy atom. The lowest BCUT2D eigenvalue weighted by Gasteiger charge is -2.30. The minimum absolute atomic E-state index is 0.0930. The van der Waals surface area contributed by atoms with Crippen molar-refractivity contribution in [1.82, 2.24) is 4.90 Å². The SMILES string of the molecule is NCCC(CO)N(Cc1ccccc1)Cc1ccccc1. The number of rotatable bonds is 8. The average molecular weight is 284 g/mol. The molecule has 0 aliphatic heterocycles. The highest BCUT2D eigenvalue weighted by atomic mass is 16.3. The second-order valence-corrected chi connectivity index (χ2v) is 5.29. The number of hydrogen-bond acceptors (Lipinski definition) is 3. The molecule has 3 heteroatoms. The molecule has 1 unspecified atom stereocenters. The van der Waals surface area contributed by atoms with Gasteiger partial charge in [-0.3, -0.25) is 4.90 Å². The molecule has 0 heterocycles. The van der Waals surface area contributed by atoms with E-state index in [1.807, 2.05) is 36.4 Å². The first-order valence-electron chi connectivity index (χ1n) is 7.46. The normalized spacial score (nSPS) is 12.5. The van der Waals surface area contributed by atoms with E-state index in [0.717, 1.165) is 19.5 Å². The predicted octanol–water partition coefficient (Wildman–Crippen LogP) is 2.40. The fourth-order valence-corrected chi connectivity index (χ4v) is 2.53. The number of nitrogens with zero attached hydrogens (tertiary/aromatic N) is 1. The van der Waals surface area contributed by atoms with Crippen molar-refractivity contribution < 1.29 is 5.11 Å². The maximum Gasteiger partial charge on any atom is 0.0587 e. The summed E-state index contributed by atoms with van der Waals surface area (Å²) in [4.78, 5) is 2.30. The van der Waals surface area contributed by atoms with Gasteiger partial charge in [-0.25, -0.2) is 0 Å². The maximum atomic E-state index is 9.69. The number of nitrogens with two attached hydrogens (primary N) is 1. The van der Waals surface area contributed by atoms with E-state index in [2.05, 4.69) is 29.2 Å². The summed E-state index contributed by atoms with van der Waals surface area (Å²) >= 11 is 0. The molecule has 0 amide bonds. The van der Waals surface area contributed by atoms with Crippen LogP contribution in [-0.4, -0.2) is 29.2 Å². The van der Waals surface area contributed by atoms with Crippen LogP contribution in [0.1, 0.15) is 17.5 Å². The molecule has 0 aliphatic carbocycles. The van der Waals surface area contributed by atoms with Crippen LogP contribution in [0.5, 0.6) is 0 Å². The Kier molecular flexibility index (Phi) is 6.41. The largest absolute Gasteiger partial charge is 0.395 e. The van der Waals surface area contributed by atoms with Crippen molar-refractivity contribution in [2.24, 2.45) is 5.73 Å². The van der Waals surface area contributed by atoms with Gasteiger partial charge >= 0.3 is 0 Å². The third-order valence-electron chi connectivity index (χ3n) is 3.68. The molecular weight excluding hydrogens is 260 g/mol. The van der Waals surface area contributed by atoms with Gasteiger partial charge in [-0.2, -0.15) is 0 Å². The van der Waals surface area contributed by atoms with Gasteiger partial charge in [-0.1, -0.05) is 60.7 Å². The van der Waals surface area contributed by atoms with Gasteiger partial charge in [0, 0.05) is 19.1 Å². The van der Waals surface area contributed by atoms with Crippen LogP contribution in [0.4, 0.5) is 0 Å². The van der Waals surface area contributed by atoms with Crippen molar-refractivity contribution in [3.05, 3.63) is 71.8 Å². The Balaban J connectivity index is 2.13. The molecule has 2 aromatic carbocycles. The van der Waals surface area contributed by atoms with Gasteiger partial charge in [0.1, 0.15) is 0 Å². The van der Waals surface area contributed by atoms with Crippen molar-refractivity contribution in [2.45, 2.75) is 25.6 Å². The Morgan fingerprint density at radius 3 is 1.71 bits per heavy atom. The van der Waals surface area contributed by atoms with E-state index in [0.29, 0.717) is 6.54 Å². The molecule has 0 fully saturated rings. The van der Waals surface area contributed by atoms with Gasteiger partial charge < -0.3 is 10.8 Å². The highest BCUT2D eigenvalue weighted by Gasteiger charge is 2.17. The molecule has 0 aromatic heterocycles. The first-order valence-corrected chi connectivity index (χ1v) is 7.46. The lowest BCUT2D eigenvalue weighted by Crippen LogP contribution is -2.38. The van der Waals surface area contributed by atoms with E-state index < -0.39 is 0 Å². The second-order valence-electron chi connectivity index (χ2n) is 5.29. The van der Waals surface area contributed by atoms with Crippen molar-refractivity contribution in [3.63, 3.8) is 0 Å². The number of benzene rings is 2. The number of aliphatic hydroxyl groups excluding tert-OH is 1. The van der Waals surface area contributed by atoms with Gasteiger partial charge in [0.25, 0.3) is 0 Å². The molecule has 0 aliphatic rings. The monoisotopic (exact) mass is 284 g/mol. The number of hydrogen-bond donors (Lipinski definition) is 2. The fourth-order valence-electron chi connectivity index (χ4n) is 2.53. The quantitative estimate of drug-likeness (QED) is 0.782. The van der Waals surface area contributed by atoms with Gasteiger partial charge in [0.15, 0.2) is 0 Å². The molecule has 3 N–H and O–H groups in total. The van der Waals surface area contributed by atoms with E-state index in [1.165, 1.54) is 11.1 Å². The molecule has 3 nitrogen and oxygen atoms in total. The van der Waals surface area contributed by atoms with Crippen LogP contribution in [0.15, 0.2) is 60.7 Å². The Hall–Kier alpha value is -1.68. The van der Waals surface area contributed by atoms with E-state index in [9.17, 15) is 5.11 Å². The van der Waals surface area contributed by atoms with Crippen molar-refractivity contribution in [3.8, 4) is 0 Å². The molecule has 0 radical (unpaired) electrons. The summed E-state index contributed by atoms with van der Waals surface area (Å²) in [6.07, 6.45) is 0.802. The molecular formula is C18H24N2O. The van der Waals surface area contributed by atoms with Crippen molar-refractivity contribution in [1.29, 1.82) is 0 Å². The van der Waals surface area contributed by atoms with Crippen molar-refractivity contribution >= 4 is 0 Å². The number of aliphatic hydroxyl groups is 1. The zero-order chi connectivity index (χ0) is 14.9. The molecule has 0 bridgehead atoms. The van der Waals surface area contributed by atoms with E-state index >= 15 is 0 Å². The highest BCUT2D eigenvalue weighted by Crippen LogP contribution is 2.15. The van der Waals surface area contributed by atoms with Crippen LogP contribution in [0.2, 0.25) is 0 Å². The van der Waals surface area contributed by atoms with E-state index in [-0.39, 0.29) is 12.6 Å². The molecule has 112 valence electrons. The van der Waals surface area contributed by atoms with Crippen LogP contribution in [-0.2, 0) is 13.1 Å². The summed E-state index contributed by atoms with van der Waals surface area (Å²) in [5, 5.41) is 9.69. The molecule has 0 saturated heterocycles. The van der Waals surface area contributed by atoms with E-state index in [1.54, 1.807) is 0 Å². The van der Waals surface area contributed by atoms with Crippen LogP contribution >= 0.6 is 0 Å². The predicted molar refractivity (Wildman–Crippen MR) is 86.7 cm³/mol. The minimum atomic E-state index is 0.0930. The lowest BCUT2D eigenvalue weighted by atomic mass is 10.1. The van der Waals surface area contributed by atoms with Crippen molar-refractivity contribution in [2.75, 3.05) is 13.2 Å². The Bertz CT molecular complexity index is 460. The zero-order valence-corrected chi connectivity index (χ0v) is 12.4. The summed E-state index contributed by atoms with van der Waals surface area (Å²) < 4.78 is 0. The molecule has 0 saturated carbocycles. The van der Waals surface area contributed by atoms with Crippen LogP contribution in [0.3, 0.4) is 0 Å². The van der Waals surface area contributed by atoms with Gasteiger partial charge in [-0.05, 0) is 24.1 Å². The van der Waals surface area contributed by atoms with Crippen LogP contribution in [0, 0.1) is 0 Å². The standard InChI is InChI=1S/C18H24N2O/c19-12-11-18(15-21)20(13-16-7-3-1-4-8-16)14-17-9-5-2-6-10-17/h1-10,18,21H,11-15,19H2. The maximum absolute atomic E-state index is 9.69. The minimum Gasteiger partial charge on any atom is -0.395 e. The van der Waals surface area contributed by atoms with Crippen LogP contribution in [0.25, 0.3) is 0 Å². The molecule has 0 spiro atoms. The second kappa shape index (κ2) is 8.57. The smallest absolute Gasteiger partial charge is 0.0587 e. The summed E-state index contributed by atoms with van der Waals surface area (Å²) in [6.45, 7) is 2.37. The molecule has 1 atom stereocenters. The van der Waals surface area contributed by atoms with Gasteiger partial charge in [0.05, 0.1) is 6.61 Å². The third kappa shape index (κ3) is 4.97. The Labute approximate surface area is 127 Å². The van der Waals surface area contributed by atoms with Crippen LogP contribution < -0.4 is 5.73 Å². The average Bonchev–Trinajstić information content (AvgIpc) is 2.54. The summed E-state index contributed by atoms with van der Waals surface area (Å²) in [5.41, 5.74) is 8.20. The Morgan fingerprint density at radius 1 is 0.857 bits per heavy atom. The molecule has 21 heavy (non-hydrogen) atoms. The fraction of sp³-hybridized carbons (Fsp3) is 0.333. The summed E-state index contributed by atoms with van der Waals surface area (Å²) in [6, 6.07) is 20.8. The zero-order valence-electron chi connectivity index (χ0n) is 12.4. The topological polar surface area (TPSA) is 49.5 Å². The third-order valence-corrected chi connectivity index (χ3v) is 3.68. The highest BCUT2D eigenvalue weighted by molar-refractivity contribution is 5.17. The summed E-state index contributed by atoms with van der Waals surface area (Å²) in [7, 11) is 0. The molecule has 2 aromatic rings. The van der Waals surface area contributed by atoms with Gasteiger partial charge in [0.2, 0.25) is 0 Å². The molecule has 2 rings (SSSR count). The lowest BCUT2D eigenvalue weighted by molar-refractivity contribution is 0.105. The first-order chi connectivity index (χ1) is 10.3. The first kappa shape index (κ1) is 15.7. The van der Waals surface area contributed by atoms with E-state index in [4.69, 9.17) is 5.73 Å².